The summed E-state index contributed by atoms with van der Waals surface area (Å²) in [4.78, 5) is 0.271. The molecule has 0 fully saturated rings. The van der Waals surface area contributed by atoms with Crippen molar-refractivity contribution in [1.29, 1.82) is 0 Å². The molecule has 0 saturated carbocycles. The number of benzene rings is 2. The van der Waals surface area contributed by atoms with Crippen molar-refractivity contribution in [2.24, 2.45) is 0 Å². The number of hydrogen-bond acceptors (Lipinski definition) is 4. The van der Waals surface area contributed by atoms with Gasteiger partial charge in [0.25, 0.3) is 0 Å². The van der Waals surface area contributed by atoms with E-state index in [1.54, 1.807) is 30.3 Å². The summed E-state index contributed by atoms with van der Waals surface area (Å²) in [5.41, 5.74) is 0.939. The van der Waals surface area contributed by atoms with Crippen LogP contribution < -0.4 is 19.5 Å². The molecule has 0 aromatic heterocycles. The maximum absolute atomic E-state index is 13.8. The fraction of sp³-hybridized carbons (Fsp3) is 0.188. The Balaban J connectivity index is 2.34. The summed E-state index contributed by atoms with van der Waals surface area (Å²) < 4.78 is 29.5. The molecule has 0 unspecified atom stereocenters. The Bertz CT molecular complexity index is 666. The number of halogens is 1. The van der Waals surface area contributed by atoms with Gasteiger partial charge in [-0.3, -0.25) is 0 Å². The molecule has 0 radical (unpaired) electrons. The molecule has 116 valence electrons. The number of rotatable bonds is 5. The number of anilines is 1. The van der Waals surface area contributed by atoms with Gasteiger partial charge in [-0.2, -0.15) is 0 Å². The van der Waals surface area contributed by atoms with E-state index in [-0.39, 0.29) is 10.8 Å². The van der Waals surface area contributed by atoms with Gasteiger partial charge in [-0.1, -0.05) is 24.4 Å². The second-order valence-electron chi connectivity index (χ2n) is 4.35. The molecule has 0 atom stereocenters. The molecule has 2 aromatic carbocycles. The predicted molar refractivity (Wildman–Crippen MR) is 87.8 cm³/mol. The lowest BCUT2D eigenvalue weighted by Gasteiger charge is -2.15. The molecule has 0 saturated heterocycles. The van der Waals surface area contributed by atoms with Crippen LogP contribution in [0.3, 0.4) is 0 Å². The molecule has 0 bridgehead atoms. The summed E-state index contributed by atoms with van der Waals surface area (Å²) in [6, 6.07) is 9.71. The number of thiocarbonyl (C=S) groups is 1. The number of nitrogens with one attached hydrogen (secondary N) is 1. The van der Waals surface area contributed by atoms with Crippen molar-refractivity contribution in [2.45, 2.75) is 0 Å². The van der Waals surface area contributed by atoms with Crippen LogP contribution in [0, 0.1) is 5.82 Å². The van der Waals surface area contributed by atoms with E-state index in [1.807, 2.05) is 0 Å². The molecular weight excluding hydrogens is 305 g/mol. The Labute approximate surface area is 133 Å². The first kappa shape index (κ1) is 16.0. The maximum atomic E-state index is 13.8. The van der Waals surface area contributed by atoms with Crippen molar-refractivity contribution >= 4 is 22.9 Å². The molecular formula is C16H16FNO3S. The largest absolute Gasteiger partial charge is 0.493 e. The molecule has 6 heteroatoms. The van der Waals surface area contributed by atoms with Crippen LogP contribution in [-0.2, 0) is 0 Å². The zero-order valence-electron chi connectivity index (χ0n) is 12.5. The van der Waals surface area contributed by atoms with E-state index in [1.165, 1.54) is 27.4 Å². The Morgan fingerprint density at radius 1 is 1.00 bits per heavy atom. The first-order valence-electron chi connectivity index (χ1n) is 6.46. The Kier molecular flexibility index (Phi) is 5.16. The van der Waals surface area contributed by atoms with Crippen LogP contribution in [0.5, 0.6) is 17.2 Å². The van der Waals surface area contributed by atoms with E-state index < -0.39 is 0 Å². The minimum absolute atomic E-state index is 0.271. The van der Waals surface area contributed by atoms with E-state index in [4.69, 9.17) is 26.4 Å². The highest BCUT2D eigenvalue weighted by Crippen LogP contribution is 2.40. The van der Waals surface area contributed by atoms with Crippen molar-refractivity contribution in [3.05, 3.63) is 47.8 Å². The van der Waals surface area contributed by atoms with E-state index in [0.29, 0.717) is 28.5 Å². The summed E-state index contributed by atoms with van der Waals surface area (Å²) in [6.07, 6.45) is 0. The smallest absolute Gasteiger partial charge is 0.203 e. The normalized spacial score (nSPS) is 10.0. The van der Waals surface area contributed by atoms with Gasteiger partial charge in [-0.05, 0) is 12.1 Å². The maximum Gasteiger partial charge on any atom is 0.203 e. The highest BCUT2D eigenvalue weighted by molar-refractivity contribution is 7.81. The Morgan fingerprint density at radius 3 is 2.09 bits per heavy atom. The fourth-order valence-corrected chi connectivity index (χ4v) is 2.28. The van der Waals surface area contributed by atoms with Gasteiger partial charge in [0.2, 0.25) is 5.75 Å². The van der Waals surface area contributed by atoms with Crippen LogP contribution in [0.15, 0.2) is 36.4 Å². The molecule has 0 amide bonds. The van der Waals surface area contributed by atoms with Gasteiger partial charge >= 0.3 is 0 Å². The average molecular weight is 321 g/mol. The summed E-state index contributed by atoms with van der Waals surface area (Å²) in [5.74, 6) is 1.07. The highest BCUT2D eigenvalue weighted by Gasteiger charge is 2.15. The molecule has 4 nitrogen and oxygen atoms in total. The number of methoxy groups -OCH3 is 3. The van der Waals surface area contributed by atoms with Gasteiger partial charge in [0, 0.05) is 23.4 Å². The molecule has 0 aliphatic carbocycles. The van der Waals surface area contributed by atoms with Crippen molar-refractivity contribution in [3.63, 3.8) is 0 Å². The van der Waals surface area contributed by atoms with Crippen LogP contribution in [0.4, 0.5) is 10.1 Å². The van der Waals surface area contributed by atoms with Crippen molar-refractivity contribution < 1.29 is 18.6 Å². The second-order valence-corrected chi connectivity index (χ2v) is 4.76. The van der Waals surface area contributed by atoms with E-state index in [9.17, 15) is 4.39 Å². The molecule has 1 N–H and O–H groups in total. The molecule has 0 heterocycles. The van der Waals surface area contributed by atoms with Crippen molar-refractivity contribution in [1.82, 2.24) is 0 Å². The first-order valence-corrected chi connectivity index (χ1v) is 6.87. The summed E-state index contributed by atoms with van der Waals surface area (Å²) >= 11 is 5.25. The van der Waals surface area contributed by atoms with Gasteiger partial charge in [0.15, 0.2) is 11.5 Å². The standard InChI is InChI=1S/C16H16FNO3S/c1-19-13-8-10(9-14(20-2)15(13)21-3)18-16(22)11-6-4-5-7-12(11)17/h4-9H,1-3H3,(H,18,22). The monoisotopic (exact) mass is 321 g/mol. The molecule has 22 heavy (non-hydrogen) atoms. The van der Waals surface area contributed by atoms with E-state index >= 15 is 0 Å². The van der Waals surface area contributed by atoms with Crippen molar-refractivity contribution in [2.75, 3.05) is 26.6 Å². The van der Waals surface area contributed by atoms with Crippen molar-refractivity contribution in [3.8, 4) is 17.2 Å². The number of hydrogen-bond donors (Lipinski definition) is 1. The summed E-state index contributed by atoms with van der Waals surface area (Å²) in [5, 5.41) is 2.98. The molecule has 0 aliphatic heterocycles. The lowest BCUT2D eigenvalue weighted by atomic mass is 10.2. The van der Waals surface area contributed by atoms with Gasteiger partial charge in [0.05, 0.1) is 21.3 Å². The zero-order chi connectivity index (χ0) is 16.1. The quantitative estimate of drug-likeness (QED) is 0.851. The summed E-state index contributed by atoms with van der Waals surface area (Å²) in [7, 11) is 4.57. The lowest BCUT2D eigenvalue weighted by Crippen LogP contribution is -2.12. The van der Waals surface area contributed by atoms with Crippen LogP contribution in [0.25, 0.3) is 0 Å². The molecule has 2 aromatic rings. The van der Waals surface area contributed by atoms with Gasteiger partial charge < -0.3 is 19.5 Å². The topological polar surface area (TPSA) is 39.7 Å². The van der Waals surface area contributed by atoms with Gasteiger partial charge in [0.1, 0.15) is 10.8 Å². The minimum atomic E-state index is -0.382. The minimum Gasteiger partial charge on any atom is -0.493 e. The second kappa shape index (κ2) is 7.09. The van der Waals surface area contributed by atoms with E-state index in [2.05, 4.69) is 5.32 Å². The van der Waals surface area contributed by atoms with Crippen LogP contribution in [0.2, 0.25) is 0 Å². The van der Waals surface area contributed by atoms with Crippen LogP contribution in [0.1, 0.15) is 5.56 Å². The molecule has 0 spiro atoms. The first-order chi connectivity index (χ1) is 10.6. The third-order valence-corrected chi connectivity index (χ3v) is 3.36. The third kappa shape index (κ3) is 3.28. The summed E-state index contributed by atoms with van der Waals surface area (Å²) in [6.45, 7) is 0. The Hall–Kier alpha value is -2.34. The van der Waals surface area contributed by atoms with Gasteiger partial charge in [-0.15, -0.1) is 0 Å². The number of ether oxygens (including phenoxy) is 3. The molecule has 2 rings (SSSR count). The van der Waals surface area contributed by atoms with E-state index in [0.717, 1.165) is 0 Å². The fourth-order valence-electron chi connectivity index (χ4n) is 2.00. The van der Waals surface area contributed by atoms with Gasteiger partial charge in [-0.25, -0.2) is 4.39 Å². The molecule has 0 aliphatic rings. The zero-order valence-corrected chi connectivity index (χ0v) is 13.3. The van der Waals surface area contributed by atoms with Crippen LogP contribution in [-0.4, -0.2) is 26.3 Å². The highest BCUT2D eigenvalue weighted by atomic mass is 32.1. The lowest BCUT2D eigenvalue weighted by molar-refractivity contribution is 0.324. The SMILES string of the molecule is COc1cc(NC(=S)c2ccccc2F)cc(OC)c1OC. The predicted octanol–water partition coefficient (Wildman–Crippen LogP) is 3.64. The van der Waals surface area contributed by atoms with Crippen LogP contribution >= 0.6 is 12.2 Å². The third-order valence-electron chi connectivity index (χ3n) is 3.04. The average Bonchev–Trinajstić information content (AvgIpc) is 2.54. The Morgan fingerprint density at radius 2 is 1.59 bits per heavy atom.